The van der Waals surface area contributed by atoms with E-state index in [2.05, 4.69) is 4.90 Å². The van der Waals surface area contributed by atoms with Crippen molar-refractivity contribution >= 4 is 5.97 Å². The Morgan fingerprint density at radius 3 is 2.59 bits per heavy atom. The van der Waals surface area contributed by atoms with Crippen LogP contribution in [0.25, 0.3) is 0 Å². The van der Waals surface area contributed by atoms with Gasteiger partial charge in [-0.2, -0.15) is 0 Å². The van der Waals surface area contributed by atoms with Crippen molar-refractivity contribution in [1.82, 2.24) is 4.90 Å². The lowest BCUT2D eigenvalue weighted by Gasteiger charge is -2.33. The highest BCUT2D eigenvalue weighted by Gasteiger charge is 2.23. The number of hydrogen-bond acceptors (Lipinski definition) is 5. The molecule has 2 aromatic carbocycles. The van der Waals surface area contributed by atoms with Crippen LogP contribution >= 0.6 is 0 Å². The van der Waals surface area contributed by atoms with E-state index in [0.717, 1.165) is 30.2 Å². The molecular weight excluding hydrogens is 366 g/mol. The van der Waals surface area contributed by atoms with Crippen LogP contribution < -0.4 is 4.74 Å². The fourth-order valence-corrected chi connectivity index (χ4v) is 3.31. The molecule has 0 bridgehead atoms. The summed E-state index contributed by atoms with van der Waals surface area (Å²) in [5.74, 6) is 1.48. The van der Waals surface area contributed by atoms with Gasteiger partial charge >= 0.3 is 5.97 Å². The zero-order valence-electron chi connectivity index (χ0n) is 17.8. The van der Waals surface area contributed by atoms with Crippen LogP contribution in [-0.4, -0.2) is 42.7 Å². The third-order valence-corrected chi connectivity index (χ3v) is 4.68. The van der Waals surface area contributed by atoms with Gasteiger partial charge in [0.05, 0.1) is 19.1 Å². The van der Waals surface area contributed by atoms with Gasteiger partial charge in [0.1, 0.15) is 17.1 Å². The zero-order valence-corrected chi connectivity index (χ0v) is 17.8. The molecule has 0 saturated carbocycles. The van der Waals surface area contributed by atoms with Crippen LogP contribution in [0.4, 0.5) is 0 Å². The number of morpholine rings is 1. The Balaban J connectivity index is 1.53. The van der Waals surface area contributed by atoms with E-state index in [1.165, 1.54) is 5.56 Å². The molecule has 5 heteroatoms. The number of ether oxygens (including phenoxy) is 3. The Morgan fingerprint density at radius 2 is 1.90 bits per heavy atom. The second-order valence-corrected chi connectivity index (χ2v) is 8.48. The Morgan fingerprint density at radius 1 is 1.14 bits per heavy atom. The fourth-order valence-electron chi connectivity index (χ4n) is 3.31. The summed E-state index contributed by atoms with van der Waals surface area (Å²) in [6.07, 6.45) is 0.392. The van der Waals surface area contributed by atoms with E-state index in [9.17, 15) is 4.79 Å². The molecule has 0 radical (unpaired) electrons. The molecular formula is C24H31NO4. The number of carbonyl (C=O) groups excluding carboxylic acids is 1. The summed E-state index contributed by atoms with van der Waals surface area (Å²) in [6.45, 7) is 10.6. The maximum absolute atomic E-state index is 12.0. The summed E-state index contributed by atoms with van der Waals surface area (Å²) >= 11 is 0. The molecule has 1 unspecified atom stereocenters. The molecule has 0 aliphatic carbocycles. The Kier molecular flexibility index (Phi) is 6.93. The molecule has 1 saturated heterocycles. The van der Waals surface area contributed by atoms with Gasteiger partial charge in [0.2, 0.25) is 0 Å². The average Bonchev–Trinajstić information content (AvgIpc) is 2.66. The van der Waals surface area contributed by atoms with E-state index >= 15 is 0 Å². The highest BCUT2D eigenvalue weighted by Crippen LogP contribution is 2.27. The number of nitrogens with zero attached hydrogens (tertiary/aromatic N) is 1. The standard InChI is InChI=1S/C24H31NO4/c1-18-6-5-7-21(16-18)28-20-10-8-19(9-11-20)22-17-25(14-15-27-22)13-12-23(26)29-24(2,3)4/h5-11,16,22H,12-15,17H2,1-4H3. The molecule has 1 aliphatic rings. The molecule has 5 nitrogen and oxygen atoms in total. The van der Waals surface area contributed by atoms with Crippen molar-refractivity contribution in [2.24, 2.45) is 0 Å². The van der Waals surface area contributed by atoms with E-state index in [4.69, 9.17) is 14.2 Å². The number of benzene rings is 2. The maximum Gasteiger partial charge on any atom is 0.307 e. The average molecular weight is 398 g/mol. The summed E-state index contributed by atoms with van der Waals surface area (Å²) in [6, 6.07) is 16.0. The predicted octanol–water partition coefficient (Wildman–Crippen LogP) is 4.89. The number of rotatable bonds is 6. The lowest BCUT2D eigenvalue weighted by molar-refractivity contribution is -0.155. The first-order valence-corrected chi connectivity index (χ1v) is 10.2. The molecule has 1 heterocycles. The predicted molar refractivity (Wildman–Crippen MR) is 113 cm³/mol. The van der Waals surface area contributed by atoms with E-state index in [1.807, 2.05) is 76.2 Å². The van der Waals surface area contributed by atoms with Crippen LogP contribution in [0.3, 0.4) is 0 Å². The van der Waals surface area contributed by atoms with Crippen LogP contribution in [0.15, 0.2) is 48.5 Å². The van der Waals surface area contributed by atoms with Gasteiger partial charge < -0.3 is 14.2 Å². The van der Waals surface area contributed by atoms with Crippen molar-refractivity contribution in [2.75, 3.05) is 26.2 Å². The minimum atomic E-state index is -0.438. The van der Waals surface area contributed by atoms with Gasteiger partial charge in [0, 0.05) is 19.6 Å². The summed E-state index contributed by atoms with van der Waals surface area (Å²) < 4.78 is 17.3. The minimum absolute atomic E-state index is 0.00425. The molecule has 1 aliphatic heterocycles. The highest BCUT2D eigenvalue weighted by atomic mass is 16.6. The Labute approximate surface area is 173 Å². The van der Waals surface area contributed by atoms with Crippen molar-refractivity contribution in [1.29, 1.82) is 0 Å². The van der Waals surface area contributed by atoms with Gasteiger partial charge in [-0.3, -0.25) is 9.69 Å². The van der Waals surface area contributed by atoms with E-state index in [-0.39, 0.29) is 12.1 Å². The van der Waals surface area contributed by atoms with Crippen molar-refractivity contribution in [3.05, 3.63) is 59.7 Å². The largest absolute Gasteiger partial charge is 0.460 e. The van der Waals surface area contributed by atoms with Crippen molar-refractivity contribution in [3.63, 3.8) is 0 Å². The van der Waals surface area contributed by atoms with E-state index < -0.39 is 5.60 Å². The molecule has 156 valence electrons. The summed E-state index contributed by atoms with van der Waals surface area (Å²) in [5, 5.41) is 0. The third-order valence-electron chi connectivity index (χ3n) is 4.68. The number of esters is 1. The van der Waals surface area contributed by atoms with Gasteiger partial charge in [-0.1, -0.05) is 24.3 Å². The van der Waals surface area contributed by atoms with E-state index in [1.54, 1.807) is 0 Å². The number of hydrogen-bond donors (Lipinski definition) is 0. The molecule has 0 amide bonds. The second kappa shape index (κ2) is 9.42. The van der Waals surface area contributed by atoms with E-state index in [0.29, 0.717) is 19.6 Å². The lowest BCUT2D eigenvalue weighted by atomic mass is 10.1. The Hall–Kier alpha value is -2.37. The first-order chi connectivity index (χ1) is 13.8. The number of carbonyl (C=O) groups is 1. The van der Waals surface area contributed by atoms with Crippen LogP contribution in [0.2, 0.25) is 0 Å². The van der Waals surface area contributed by atoms with Crippen LogP contribution in [0.1, 0.15) is 44.4 Å². The normalized spacial score (nSPS) is 17.7. The highest BCUT2D eigenvalue weighted by molar-refractivity contribution is 5.70. The lowest BCUT2D eigenvalue weighted by Crippen LogP contribution is -2.39. The smallest absolute Gasteiger partial charge is 0.307 e. The van der Waals surface area contributed by atoms with Gasteiger partial charge in [-0.25, -0.2) is 0 Å². The minimum Gasteiger partial charge on any atom is -0.460 e. The molecule has 0 aromatic heterocycles. The monoisotopic (exact) mass is 397 g/mol. The molecule has 0 N–H and O–H groups in total. The Bertz CT molecular complexity index is 810. The van der Waals surface area contributed by atoms with Crippen molar-refractivity contribution in [3.8, 4) is 11.5 Å². The fraction of sp³-hybridized carbons (Fsp3) is 0.458. The summed E-state index contributed by atoms with van der Waals surface area (Å²) in [5.41, 5.74) is 1.84. The molecule has 1 fully saturated rings. The maximum atomic E-state index is 12.0. The first kappa shape index (κ1) is 21.3. The molecule has 0 spiro atoms. The van der Waals surface area contributed by atoms with Gasteiger partial charge in [-0.05, 0) is 63.1 Å². The third kappa shape index (κ3) is 6.87. The van der Waals surface area contributed by atoms with Crippen molar-refractivity contribution in [2.45, 2.75) is 45.8 Å². The quantitative estimate of drug-likeness (QED) is 0.650. The number of aryl methyl sites for hydroxylation is 1. The van der Waals surface area contributed by atoms with Gasteiger partial charge in [-0.15, -0.1) is 0 Å². The first-order valence-electron chi connectivity index (χ1n) is 10.2. The van der Waals surface area contributed by atoms with Crippen molar-refractivity contribution < 1.29 is 19.0 Å². The summed E-state index contributed by atoms with van der Waals surface area (Å²) in [7, 11) is 0. The molecule has 3 rings (SSSR count). The molecule has 1 atom stereocenters. The SMILES string of the molecule is Cc1cccc(Oc2ccc(C3CN(CCC(=O)OC(C)(C)C)CCO3)cc2)c1. The van der Waals surface area contributed by atoms with Gasteiger partial charge in [0.15, 0.2) is 0 Å². The van der Waals surface area contributed by atoms with Crippen LogP contribution in [-0.2, 0) is 14.3 Å². The zero-order chi connectivity index (χ0) is 20.9. The second-order valence-electron chi connectivity index (χ2n) is 8.48. The molecule has 29 heavy (non-hydrogen) atoms. The summed E-state index contributed by atoms with van der Waals surface area (Å²) in [4.78, 5) is 14.2. The van der Waals surface area contributed by atoms with Crippen LogP contribution in [0.5, 0.6) is 11.5 Å². The topological polar surface area (TPSA) is 48.0 Å². The van der Waals surface area contributed by atoms with Gasteiger partial charge in [0.25, 0.3) is 0 Å². The molecule has 2 aromatic rings. The van der Waals surface area contributed by atoms with Crippen LogP contribution in [0, 0.1) is 6.92 Å².